The molecule has 0 radical (unpaired) electrons. The lowest BCUT2D eigenvalue weighted by molar-refractivity contribution is -0.274. The SMILES string of the molecule is C[C@@]12C(=CC(=O)CC13OS(=O)(=O)O3)CC[C@@H]1[C@@H]2C(=O)C[C@@]2(C)[C@H]1CC[C@]2(O)C(=O)CO. The van der Waals surface area contributed by atoms with E-state index in [0.717, 1.165) is 0 Å². The minimum atomic E-state index is -4.22. The van der Waals surface area contributed by atoms with Crippen molar-refractivity contribution in [3.8, 4) is 0 Å². The van der Waals surface area contributed by atoms with Crippen molar-refractivity contribution in [1.82, 2.24) is 0 Å². The Hall–Kier alpha value is -1.46. The Balaban J connectivity index is 1.61. The third-order valence-corrected chi connectivity index (χ3v) is 10.0. The van der Waals surface area contributed by atoms with Crippen LogP contribution in [0.15, 0.2) is 11.6 Å². The van der Waals surface area contributed by atoms with E-state index in [0.29, 0.717) is 24.8 Å². The minimum absolute atomic E-state index is 0.0826. The van der Waals surface area contributed by atoms with E-state index in [4.69, 9.17) is 8.37 Å². The van der Waals surface area contributed by atoms with Gasteiger partial charge >= 0.3 is 10.4 Å². The van der Waals surface area contributed by atoms with E-state index >= 15 is 0 Å². The summed E-state index contributed by atoms with van der Waals surface area (Å²) >= 11 is 0. The topological polar surface area (TPSA) is 144 Å². The summed E-state index contributed by atoms with van der Waals surface area (Å²) in [5, 5.41) is 20.7. The number of Topliss-reactive ketones (excluding diaryl/α,β-unsaturated/α-hetero) is 2. The average Bonchev–Trinajstić information content (AvgIpc) is 2.92. The second-order valence-corrected chi connectivity index (χ2v) is 11.3. The van der Waals surface area contributed by atoms with Gasteiger partial charge in [-0.3, -0.25) is 14.4 Å². The molecular formula is C21H26O9S. The lowest BCUT2D eigenvalue weighted by Gasteiger charge is -2.63. The molecular weight excluding hydrogens is 428 g/mol. The molecule has 0 aromatic rings. The normalized spacial score (nSPS) is 47.1. The second kappa shape index (κ2) is 6.11. The van der Waals surface area contributed by atoms with Crippen LogP contribution < -0.4 is 0 Å². The first-order valence-corrected chi connectivity index (χ1v) is 12.0. The number of aliphatic hydroxyl groups excluding tert-OH is 1. The quantitative estimate of drug-likeness (QED) is 0.612. The van der Waals surface area contributed by atoms with Crippen molar-refractivity contribution in [3.63, 3.8) is 0 Å². The fourth-order valence-electron chi connectivity index (χ4n) is 7.60. The highest BCUT2D eigenvalue weighted by molar-refractivity contribution is 7.82. The molecule has 0 aromatic heterocycles. The zero-order valence-electron chi connectivity index (χ0n) is 17.4. The van der Waals surface area contributed by atoms with Gasteiger partial charge in [-0.05, 0) is 50.5 Å². The highest BCUT2D eigenvalue weighted by Gasteiger charge is 2.75. The number of ketones is 3. The molecule has 4 fully saturated rings. The number of rotatable bonds is 2. The first-order chi connectivity index (χ1) is 14.3. The van der Waals surface area contributed by atoms with Crippen LogP contribution in [0.4, 0.5) is 0 Å². The van der Waals surface area contributed by atoms with E-state index in [1.807, 2.05) is 0 Å². The van der Waals surface area contributed by atoms with Gasteiger partial charge in [0.25, 0.3) is 0 Å². The Morgan fingerprint density at radius 2 is 1.87 bits per heavy atom. The largest absolute Gasteiger partial charge is 0.405 e. The fourth-order valence-corrected chi connectivity index (χ4v) is 8.74. The Morgan fingerprint density at radius 3 is 2.48 bits per heavy atom. The first-order valence-electron chi connectivity index (χ1n) is 10.6. The van der Waals surface area contributed by atoms with Gasteiger partial charge in [0, 0.05) is 17.8 Å². The van der Waals surface area contributed by atoms with E-state index < -0.39 is 50.9 Å². The lowest BCUT2D eigenvalue weighted by atomic mass is 9.44. The Kier molecular flexibility index (Phi) is 4.21. The van der Waals surface area contributed by atoms with Gasteiger partial charge in [0.1, 0.15) is 18.0 Å². The van der Waals surface area contributed by atoms with Crippen LogP contribution in [0, 0.1) is 28.6 Å². The summed E-state index contributed by atoms with van der Waals surface area (Å²) in [5.41, 5.74) is -3.29. The molecule has 6 atom stereocenters. The third-order valence-electron chi connectivity index (χ3n) is 9.06. The average molecular weight is 454 g/mol. The van der Waals surface area contributed by atoms with Crippen molar-refractivity contribution < 1.29 is 41.4 Å². The standard InChI is InChI=1S/C21H26O9S/c1-18-9-15(24)17-13(14(18)5-6-20(18,26)16(25)10-22)4-3-11-7-12(23)8-21(19(11,17)2)29-31(27,28)30-21/h7,13-14,17,22,26H,3-6,8-10H2,1-2H3/t13-,14-,17+,18-,19-,20-/m0/s1. The molecule has 1 aliphatic heterocycles. The zero-order chi connectivity index (χ0) is 22.6. The molecule has 0 amide bonds. The molecule has 4 aliphatic carbocycles. The van der Waals surface area contributed by atoms with Gasteiger partial charge in [0.05, 0.1) is 11.8 Å². The molecule has 1 heterocycles. The summed E-state index contributed by atoms with van der Waals surface area (Å²) < 4.78 is 34.1. The van der Waals surface area contributed by atoms with Crippen molar-refractivity contribution in [3.05, 3.63) is 11.6 Å². The summed E-state index contributed by atoms with van der Waals surface area (Å²) in [7, 11) is -4.22. The van der Waals surface area contributed by atoms with Crippen molar-refractivity contribution in [1.29, 1.82) is 0 Å². The van der Waals surface area contributed by atoms with Crippen LogP contribution in [-0.2, 0) is 33.1 Å². The monoisotopic (exact) mass is 454 g/mol. The molecule has 0 aromatic carbocycles. The maximum absolute atomic E-state index is 13.6. The summed E-state index contributed by atoms with van der Waals surface area (Å²) in [6.07, 6.45) is 2.81. The summed E-state index contributed by atoms with van der Waals surface area (Å²) in [6.45, 7) is 2.68. The van der Waals surface area contributed by atoms with Crippen molar-refractivity contribution >= 4 is 27.7 Å². The van der Waals surface area contributed by atoms with Crippen LogP contribution in [0.2, 0.25) is 0 Å². The Morgan fingerprint density at radius 1 is 1.19 bits per heavy atom. The number of hydrogen-bond acceptors (Lipinski definition) is 9. The van der Waals surface area contributed by atoms with Gasteiger partial charge in [0.2, 0.25) is 5.79 Å². The molecule has 5 aliphatic rings. The van der Waals surface area contributed by atoms with Crippen molar-refractivity contribution in [2.45, 2.75) is 63.8 Å². The van der Waals surface area contributed by atoms with Crippen molar-refractivity contribution in [2.24, 2.45) is 28.6 Å². The zero-order valence-corrected chi connectivity index (χ0v) is 18.2. The van der Waals surface area contributed by atoms with Crippen LogP contribution in [0.1, 0.15) is 52.4 Å². The number of carbonyl (C=O) groups is 3. The molecule has 31 heavy (non-hydrogen) atoms. The van der Waals surface area contributed by atoms with Gasteiger partial charge < -0.3 is 10.2 Å². The Bertz CT molecular complexity index is 1030. The molecule has 0 unspecified atom stereocenters. The molecule has 10 heteroatoms. The number of hydrogen-bond donors (Lipinski definition) is 2. The van der Waals surface area contributed by atoms with Crippen LogP contribution in [0.5, 0.6) is 0 Å². The van der Waals surface area contributed by atoms with E-state index in [-0.39, 0.29) is 42.7 Å². The van der Waals surface area contributed by atoms with Gasteiger partial charge in [-0.1, -0.05) is 12.5 Å². The van der Waals surface area contributed by atoms with E-state index in [1.165, 1.54) is 6.08 Å². The molecule has 2 N–H and O–H groups in total. The molecule has 3 saturated carbocycles. The predicted molar refractivity (Wildman–Crippen MR) is 103 cm³/mol. The highest BCUT2D eigenvalue weighted by Crippen LogP contribution is 2.70. The van der Waals surface area contributed by atoms with Crippen LogP contribution in [0.3, 0.4) is 0 Å². The van der Waals surface area contributed by atoms with E-state index in [9.17, 15) is 33.0 Å². The number of aliphatic hydroxyl groups is 2. The third kappa shape index (κ3) is 2.40. The molecule has 0 bridgehead atoms. The number of fused-ring (bicyclic) bond motifs is 6. The van der Waals surface area contributed by atoms with Gasteiger partial charge in [-0.15, -0.1) is 0 Å². The Labute approximate surface area is 180 Å². The summed E-state index contributed by atoms with van der Waals surface area (Å²) in [5.74, 6) is -4.03. The first kappa shape index (κ1) is 21.4. The van der Waals surface area contributed by atoms with Crippen LogP contribution in [0.25, 0.3) is 0 Å². The fraction of sp³-hybridized carbons (Fsp3) is 0.762. The lowest BCUT2D eigenvalue weighted by Crippen LogP contribution is -2.70. The minimum Gasteiger partial charge on any atom is -0.388 e. The van der Waals surface area contributed by atoms with Crippen molar-refractivity contribution in [2.75, 3.05) is 6.61 Å². The molecule has 5 rings (SSSR count). The number of carbonyl (C=O) groups excluding carboxylic acids is 3. The molecule has 1 saturated heterocycles. The van der Waals surface area contributed by atoms with E-state index in [1.54, 1.807) is 13.8 Å². The summed E-state index contributed by atoms with van der Waals surface area (Å²) in [4.78, 5) is 38.4. The molecule has 170 valence electrons. The summed E-state index contributed by atoms with van der Waals surface area (Å²) in [6, 6.07) is 0. The van der Waals surface area contributed by atoms with Gasteiger partial charge in [0.15, 0.2) is 11.6 Å². The van der Waals surface area contributed by atoms with Crippen LogP contribution >= 0.6 is 0 Å². The predicted octanol–water partition coefficient (Wildman–Crippen LogP) is 0.588. The maximum atomic E-state index is 13.6. The van der Waals surface area contributed by atoms with Crippen LogP contribution in [-0.4, -0.2) is 54.0 Å². The van der Waals surface area contributed by atoms with Gasteiger partial charge in [-0.2, -0.15) is 8.42 Å². The maximum Gasteiger partial charge on any atom is 0.405 e. The molecule has 9 nitrogen and oxygen atoms in total. The smallest absolute Gasteiger partial charge is 0.388 e. The van der Waals surface area contributed by atoms with Gasteiger partial charge in [-0.25, -0.2) is 8.37 Å². The van der Waals surface area contributed by atoms with E-state index in [2.05, 4.69) is 0 Å². The highest BCUT2D eigenvalue weighted by atomic mass is 32.3. The molecule has 1 spiro atoms. The second-order valence-electron chi connectivity index (χ2n) is 10.2.